The highest BCUT2D eigenvalue weighted by Gasteiger charge is 2.34. The molecule has 3 rings (SSSR count). The second-order valence-electron chi connectivity index (χ2n) is 9.57. The molecule has 0 radical (unpaired) electrons. The van der Waals surface area contributed by atoms with E-state index in [-0.39, 0.29) is 39.0 Å². The third-order valence-corrected chi connectivity index (χ3v) is 9.13. The van der Waals surface area contributed by atoms with Crippen LogP contribution >= 0.6 is 34.8 Å². The fraction of sp³-hybridized carbons (Fsp3) is 0.310. The Morgan fingerprint density at radius 3 is 2.12 bits per heavy atom. The Kier molecular flexibility index (Phi) is 11.3. The standard InChI is InChI=1S/C29H32Cl3N3O4S/c1-4-25(29(37)33-17-20(2)3)34(18-21-11-8-9-14-23(21)30)27(36)19-35(26-16-10-15-24(31)28(26)32)40(38,39)22-12-6-5-7-13-22/h5-16,20,25H,4,17-19H2,1-3H3,(H,33,37)/t25-/m1/s1. The van der Waals surface area contributed by atoms with Crippen molar-refractivity contribution in [3.63, 3.8) is 0 Å². The van der Waals surface area contributed by atoms with Gasteiger partial charge in [-0.25, -0.2) is 8.42 Å². The lowest BCUT2D eigenvalue weighted by molar-refractivity contribution is -0.140. The van der Waals surface area contributed by atoms with E-state index < -0.39 is 28.5 Å². The first kappa shape index (κ1) is 31.7. The van der Waals surface area contributed by atoms with Crippen molar-refractivity contribution in [2.75, 3.05) is 17.4 Å². The molecule has 0 bridgehead atoms. The van der Waals surface area contributed by atoms with Crippen molar-refractivity contribution in [1.29, 1.82) is 0 Å². The molecule has 0 saturated carbocycles. The minimum atomic E-state index is -4.26. The smallest absolute Gasteiger partial charge is 0.264 e. The van der Waals surface area contributed by atoms with Gasteiger partial charge in [0.15, 0.2) is 0 Å². The van der Waals surface area contributed by atoms with Crippen molar-refractivity contribution >= 4 is 62.3 Å². The highest BCUT2D eigenvalue weighted by Crippen LogP contribution is 2.35. The average Bonchev–Trinajstić information content (AvgIpc) is 2.93. The number of hydrogen-bond acceptors (Lipinski definition) is 4. The molecule has 0 heterocycles. The van der Waals surface area contributed by atoms with Crippen LogP contribution in [-0.2, 0) is 26.2 Å². The Bertz CT molecular complexity index is 1440. The third-order valence-electron chi connectivity index (χ3n) is 6.18. The average molecular weight is 625 g/mol. The molecule has 214 valence electrons. The first-order valence-corrected chi connectivity index (χ1v) is 15.4. The van der Waals surface area contributed by atoms with Gasteiger partial charge < -0.3 is 10.2 Å². The first-order chi connectivity index (χ1) is 19.0. The predicted molar refractivity (Wildman–Crippen MR) is 161 cm³/mol. The highest BCUT2D eigenvalue weighted by molar-refractivity contribution is 7.92. The number of anilines is 1. The number of rotatable bonds is 12. The molecule has 0 aliphatic carbocycles. The zero-order valence-corrected chi connectivity index (χ0v) is 25.6. The summed E-state index contributed by atoms with van der Waals surface area (Å²) in [7, 11) is -4.26. The Morgan fingerprint density at radius 2 is 1.50 bits per heavy atom. The fourth-order valence-electron chi connectivity index (χ4n) is 4.07. The zero-order valence-electron chi connectivity index (χ0n) is 22.5. The van der Waals surface area contributed by atoms with E-state index >= 15 is 0 Å². The van der Waals surface area contributed by atoms with Crippen molar-refractivity contribution in [3.8, 4) is 0 Å². The van der Waals surface area contributed by atoms with Gasteiger partial charge in [-0.3, -0.25) is 13.9 Å². The molecule has 0 fully saturated rings. The van der Waals surface area contributed by atoms with Gasteiger partial charge in [0.05, 0.1) is 20.6 Å². The number of amides is 2. The van der Waals surface area contributed by atoms with E-state index in [2.05, 4.69) is 5.32 Å². The molecular weight excluding hydrogens is 593 g/mol. The van der Waals surface area contributed by atoms with E-state index in [4.69, 9.17) is 34.8 Å². The summed E-state index contributed by atoms with van der Waals surface area (Å²) in [4.78, 5) is 28.7. The van der Waals surface area contributed by atoms with Gasteiger partial charge in [-0.05, 0) is 48.2 Å². The van der Waals surface area contributed by atoms with E-state index in [1.807, 2.05) is 13.8 Å². The minimum absolute atomic E-state index is 0.00534. The van der Waals surface area contributed by atoms with Crippen LogP contribution in [0.1, 0.15) is 32.8 Å². The molecule has 0 spiro atoms. The van der Waals surface area contributed by atoms with Crippen LogP contribution in [0.15, 0.2) is 77.7 Å². The summed E-state index contributed by atoms with van der Waals surface area (Å²) >= 11 is 19.1. The number of nitrogens with zero attached hydrogens (tertiary/aromatic N) is 2. The zero-order chi connectivity index (χ0) is 29.4. The van der Waals surface area contributed by atoms with Crippen molar-refractivity contribution < 1.29 is 18.0 Å². The number of hydrogen-bond donors (Lipinski definition) is 1. The fourth-order valence-corrected chi connectivity index (χ4v) is 6.16. The molecular formula is C29H32Cl3N3O4S. The summed E-state index contributed by atoms with van der Waals surface area (Å²) < 4.78 is 28.7. The molecule has 1 atom stereocenters. The number of nitrogens with one attached hydrogen (secondary N) is 1. The van der Waals surface area contributed by atoms with Crippen LogP contribution in [0.25, 0.3) is 0 Å². The van der Waals surface area contributed by atoms with Crippen LogP contribution in [0.5, 0.6) is 0 Å². The maximum absolute atomic E-state index is 14.1. The topological polar surface area (TPSA) is 86.8 Å². The van der Waals surface area contributed by atoms with E-state index in [9.17, 15) is 18.0 Å². The molecule has 1 N–H and O–H groups in total. The maximum Gasteiger partial charge on any atom is 0.264 e. The second-order valence-corrected chi connectivity index (χ2v) is 12.6. The van der Waals surface area contributed by atoms with Crippen LogP contribution in [0.4, 0.5) is 5.69 Å². The SMILES string of the molecule is CC[C@H](C(=O)NCC(C)C)N(Cc1ccccc1Cl)C(=O)CN(c1cccc(Cl)c1Cl)S(=O)(=O)c1ccccc1. The summed E-state index contributed by atoms with van der Waals surface area (Å²) in [6.07, 6.45) is 0.295. The second kappa shape index (κ2) is 14.2. The van der Waals surface area contributed by atoms with E-state index in [0.717, 1.165) is 4.31 Å². The molecule has 40 heavy (non-hydrogen) atoms. The van der Waals surface area contributed by atoms with E-state index in [1.165, 1.54) is 29.2 Å². The van der Waals surface area contributed by atoms with Gasteiger partial charge in [-0.2, -0.15) is 0 Å². The lowest BCUT2D eigenvalue weighted by Gasteiger charge is -2.33. The van der Waals surface area contributed by atoms with Crippen molar-refractivity contribution in [1.82, 2.24) is 10.2 Å². The summed E-state index contributed by atoms with van der Waals surface area (Å²) in [5.74, 6) is -0.748. The summed E-state index contributed by atoms with van der Waals surface area (Å²) in [6.45, 7) is 5.52. The largest absolute Gasteiger partial charge is 0.354 e. The normalized spacial score (nSPS) is 12.2. The molecule has 0 unspecified atom stereocenters. The number of carbonyl (C=O) groups is 2. The number of halogens is 3. The lowest BCUT2D eigenvalue weighted by atomic mass is 10.1. The van der Waals surface area contributed by atoms with Crippen molar-refractivity contribution in [2.45, 2.75) is 44.7 Å². The van der Waals surface area contributed by atoms with Gasteiger partial charge in [0.2, 0.25) is 11.8 Å². The minimum Gasteiger partial charge on any atom is -0.354 e. The predicted octanol–water partition coefficient (Wildman–Crippen LogP) is 6.42. The van der Waals surface area contributed by atoms with Crippen LogP contribution in [0, 0.1) is 5.92 Å². The number of carbonyl (C=O) groups excluding carboxylic acids is 2. The molecule has 3 aromatic carbocycles. The molecule has 0 aliphatic rings. The Hall–Kier alpha value is -2.78. The summed E-state index contributed by atoms with van der Waals surface area (Å²) in [6, 6.07) is 18.4. The quantitative estimate of drug-likeness (QED) is 0.252. The summed E-state index contributed by atoms with van der Waals surface area (Å²) in [5, 5.41) is 3.43. The maximum atomic E-state index is 14.1. The molecule has 2 amide bonds. The molecule has 0 aromatic heterocycles. The van der Waals surface area contributed by atoms with Gasteiger partial charge in [-0.1, -0.05) is 98.0 Å². The molecule has 11 heteroatoms. The van der Waals surface area contributed by atoms with Gasteiger partial charge in [0.25, 0.3) is 10.0 Å². The molecule has 0 aliphatic heterocycles. The van der Waals surface area contributed by atoms with Crippen LogP contribution in [-0.4, -0.2) is 44.3 Å². The third kappa shape index (κ3) is 7.69. The molecule has 0 saturated heterocycles. The first-order valence-electron chi connectivity index (χ1n) is 12.8. The van der Waals surface area contributed by atoms with Gasteiger partial charge in [0.1, 0.15) is 12.6 Å². The highest BCUT2D eigenvalue weighted by atomic mass is 35.5. The Balaban J connectivity index is 2.09. The number of benzene rings is 3. The van der Waals surface area contributed by atoms with E-state index in [0.29, 0.717) is 23.6 Å². The van der Waals surface area contributed by atoms with Crippen LogP contribution < -0.4 is 9.62 Å². The van der Waals surface area contributed by atoms with Gasteiger partial charge in [0, 0.05) is 18.1 Å². The van der Waals surface area contributed by atoms with Crippen molar-refractivity contribution in [3.05, 3.63) is 93.4 Å². The Morgan fingerprint density at radius 1 is 0.875 bits per heavy atom. The Labute approximate surface area is 251 Å². The number of sulfonamides is 1. The van der Waals surface area contributed by atoms with E-state index in [1.54, 1.807) is 55.5 Å². The summed E-state index contributed by atoms with van der Waals surface area (Å²) in [5.41, 5.74) is 0.659. The van der Waals surface area contributed by atoms with Crippen LogP contribution in [0.2, 0.25) is 15.1 Å². The van der Waals surface area contributed by atoms with Gasteiger partial charge >= 0.3 is 0 Å². The van der Waals surface area contributed by atoms with Crippen molar-refractivity contribution in [2.24, 2.45) is 5.92 Å². The lowest BCUT2D eigenvalue weighted by Crippen LogP contribution is -2.52. The van der Waals surface area contributed by atoms with Gasteiger partial charge in [-0.15, -0.1) is 0 Å². The monoisotopic (exact) mass is 623 g/mol. The molecule has 7 nitrogen and oxygen atoms in total. The van der Waals surface area contributed by atoms with Crippen LogP contribution in [0.3, 0.4) is 0 Å². The molecule has 3 aromatic rings.